The first-order chi connectivity index (χ1) is 9.08. The highest BCUT2D eigenvalue weighted by atomic mass is 19.1. The summed E-state index contributed by atoms with van der Waals surface area (Å²) in [4.78, 5) is 13.8. The number of carbonyl (C=O) groups excluding carboxylic acids is 1. The molecule has 1 aliphatic rings. The van der Waals surface area contributed by atoms with Crippen molar-refractivity contribution in [2.75, 3.05) is 7.05 Å². The van der Waals surface area contributed by atoms with Crippen LogP contribution in [0.25, 0.3) is 0 Å². The van der Waals surface area contributed by atoms with E-state index in [2.05, 4.69) is 0 Å². The zero-order valence-corrected chi connectivity index (χ0v) is 11.2. The van der Waals surface area contributed by atoms with Crippen LogP contribution >= 0.6 is 0 Å². The Hall–Kier alpha value is -1.42. The second-order valence-electron chi connectivity index (χ2n) is 5.24. The zero-order valence-electron chi connectivity index (χ0n) is 11.2. The monoisotopic (exact) mass is 265 g/mol. The predicted octanol–water partition coefficient (Wildman–Crippen LogP) is 2.13. The third-order valence-corrected chi connectivity index (χ3v) is 3.91. The Bertz CT molecular complexity index is 442. The van der Waals surface area contributed by atoms with Crippen molar-refractivity contribution in [3.63, 3.8) is 0 Å². The lowest BCUT2D eigenvalue weighted by Gasteiger charge is -2.33. The van der Waals surface area contributed by atoms with Gasteiger partial charge in [-0.1, -0.05) is 18.2 Å². The average molecular weight is 265 g/mol. The molecule has 0 bridgehead atoms. The van der Waals surface area contributed by atoms with Gasteiger partial charge in [0.2, 0.25) is 5.91 Å². The number of likely N-dealkylation sites (N-methyl/N-ethyl adjacent to an activating group) is 1. The lowest BCUT2D eigenvalue weighted by atomic mass is 9.92. The van der Waals surface area contributed by atoms with Crippen LogP contribution < -0.4 is 0 Å². The van der Waals surface area contributed by atoms with Crippen LogP contribution in [0.5, 0.6) is 0 Å². The molecule has 0 unspecified atom stereocenters. The maximum atomic E-state index is 13.5. The average Bonchev–Trinajstić information content (AvgIpc) is 2.41. The van der Waals surface area contributed by atoms with Crippen molar-refractivity contribution >= 4 is 5.91 Å². The van der Waals surface area contributed by atoms with Gasteiger partial charge in [0.15, 0.2) is 0 Å². The van der Waals surface area contributed by atoms with E-state index >= 15 is 0 Å². The highest BCUT2D eigenvalue weighted by Gasteiger charge is 2.25. The number of benzene rings is 1. The van der Waals surface area contributed by atoms with E-state index in [4.69, 9.17) is 0 Å². The quantitative estimate of drug-likeness (QED) is 0.909. The summed E-state index contributed by atoms with van der Waals surface area (Å²) in [6.45, 7) is 0. The van der Waals surface area contributed by atoms with Crippen LogP contribution in [0.15, 0.2) is 24.3 Å². The number of hydrogen-bond acceptors (Lipinski definition) is 2. The van der Waals surface area contributed by atoms with Crippen LogP contribution in [0.3, 0.4) is 0 Å². The minimum Gasteiger partial charge on any atom is -0.393 e. The molecule has 1 aliphatic carbocycles. The lowest BCUT2D eigenvalue weighted by molar-refractivity contribution is -0.132. The zero-order chi connectivity index (χ0) is 13.8. The first-order valence-electron chi connectivity index (χ1n) is 6.75. The minimum atomic E-state index is -0.330. The molecular formula is C15H20FNO2. The summed E-state index contributed by atoms with van der Waals surface area (Å²) >= 11 is 0. The van der Waals surface area contributed by atoms with Crippen molar-refractivity contribution in [3.8, 4) is 0 Å². The molecule has 0 spiro atoms. The second-order valence-corrected chi connectivity index (χ2v) is 5.24. The predicted molar refractivity (Wildman–Crippen MR) is 71.1 cm³/mol. The van der Waals surface area contributed by atoms with Gasteiger partial charge in [0, 0.05) is 13.1 Å². The van der Waals surface area contributed by atoms with E-state index < -0.39 is 0 Å². The van der Waals surface area contributed by atoms with Gasteiger partial charge in [-0.05, 0) is 37.3 Å². The van der Waals surface area contributed by atoms with Gasteiger partial charge in [0.05, 0.1) is 12.5 Å². The molecule has 1 aromatic rings. The van der Waals surface area contributed by atoms with E-state index in [9.17, 15) is 14.3 Å². The highest BCUT2D eigenvalue weighted by Crippen LogP contribution is 2.23. The van der Waals surface area contributed by atoms with E-state index in [0.29, 0.717) is 5.56 Å². The smallest absolute Gasteiger partial charge is 0.227 e. The molecule has 0 radical (unpaired) electrons. The summed E-state index contributed by atoms with van der Waals surface area (Å²) in [6.07, 6.45) is 2.99. The van der Waals surface area contributed by atoms with Crippen molar-refractivity contribution in [1.82, 2.24) is 4.90 Å². The van der Waals surface area contributed by atoms with E-state index in [1.807, 2.05) is 0 Å². The number of amides is 1. The molecule has 1 amide bonds. The molecule has 3 nitrogen and oxygen atoms in total. The molecule has 1 fully saturated rings. The Morgan fingerprint density at radius 3 is 2.58 bits per heavy atom. The van der Waals surface area contributed by atoms with E-state index in [-0.39, 0.29) is 30.3 Å². The van der Waals surface area contributed by atoms with Crippen LogP contribution in [-0.2, 0) is 11.2 Å². The summed E-state index contributed by atoms with van der Waals surface area (Å²) in [6, 6.07) is 6.55. The van der Waals surface area contributed by atoms with E-state index in [1.54, 1.807) is 30.1 Å². The van der Waals surface area contributed by atoms with Gasteiger partial charge in [0.25, 0.3) is 0 Å². The fourth-order valence-corrected chi connectivity index (χ4v) is 2.58. The summed E-state index contributed by atoms with van der Waals surface area (Å²) in [7, 11) is 1.77. The number of halogens is 1. The SMILES string of the molecule is CN(C(=O)Cc1ccccc1F)C1CCC(O)CC1. The van der Waals surface area contributed by atoms with Crippen LogP contribution in [0.4, 0.5) is 4.39 Å². The van der Waals surface area contributed by atoms with Gasteiger partial charge >= 0.3 is 0 Å². The molecule has 0 aromatic heterocycles. The van der Waals surface area contributed by atoms with Gasteiger partial charge in [-0.15, -0.1) is 0 Å². The van der Waals surface area contributed by atoms with Gasteiger partial charge in [0.1, 0.15) is 5.82 Å². The van der Waals surface area contributed by atoms with Crippen LogP contribution in [-0.4, -0.2) is 35.1 Å². The molecule has 0 atom stereocenters. The maximum Gasteiger partial charge on any atom is 0.227 e. The fourth-order valence-electron chi connectivity index (χ4n) is 2.58. The number of hydrogen-bond donors (Lipinski definition) is 1. The molecule has 4 heteroatoms. The number of rotatable bonds is 3. The van der Waals surface area contributed by atoms with Gasteiger partial charge in [-0.25, -0.2) is 4.39 Å². The lowest BCUT2D eigenvalue weighted by Crippen LogP contribution is -2.41. The fraction of sp³-hybridized carbons (Fsp3) is 0.533. The Kier molecular flexibility index (Phi) is 4.53. The molecule has 104 valence electrons. The van der Waals surface area contributed by atoms with Crippen molar-refractivity contribution in [2.24, 2.45) is 0 Å². The number of carbonyl (C=O) groups is 1. The summed E-state index contributed by atoms with van der Waals surface area (Å²) in [5, 5.41) is 9.47. The van der Waals surface area contributed by atoms with Crippen molar-refractivity contribution in [3.05, 3.63) is 35.6 Å². The topological polar surface area (TPSA) is 40.5 Å². The number of nitrogens with zero attached hydrogens (tertiary/aromatic N) is 1. The molecule has 0 aliphatic heterocycles. The molecular weight excluding hydrogens is 245 g/mol. The van der Waals surface area contributed by atoms with Crippen molar-refractivity contribution < 1.29 is 14.3 Å². The third-order valence-electron chi connectivity index (χ3n) is 3.91. The Morgan fingerprint density at radius 2 is 1.95 bits per heavy atom. The summed E-state index contributed by atoms with van der Waals surface area (Å²) in [5.41, 5.74) is 0.440. The Labute approximate surface area is 113 Å². The van der Waals surface area contributed by atoms with Gasteiger partial charge in [-0.3, -0.25) is 4.79 Å². The van der Waals surface area contributed by atoms with Crippen LogP contribution in [0, 0.1) is 5.82 Å². The molecule has 1 saturated carbocycles. The molecule has 19 heavy (non-hydrogen) atoms. The van der Waals surface area contributed by atoms with Crippen LogP contribution in [0.1, 0.15) is 31.2 Å². The maximum absolute atomic E-state index is 13.5. The molecule has 1 aromatic carbocycles. The van der Waals surface area contributed by atoms with Gasteiger partial charge < -0.3 is 10.0 Å². The first kappa shape index (κ1) is 14.0. The molecule has 2 rings (SSSR count). The standard InChI is InChI=1S/C15H20FNO2/c1-17(12-6-8-13(18)9-7-12)15(19)10-11-4-2-3-5-14(11)16/h2-5,12-13,18H,6-10H2,1H3. The third kappa shape index (κ3) is 3.53. The number of aliphatic hydroxyl groups excluding tert-OH is 1. The Balaban J connectivity index is 1.94. The highest BCUT2D eigenvalue weighted by molar-refractivity contribution is 5.78. The first-order valence-corrected chi connectivity index (χ1v) is 6.75. The van der Waals surface area contributed by atoms with Crippen molar-refractivity contribution in [2.45, 2.75) is 44.2 Å². The largest absolute Gasteiger partial charge is 0.393 e. The molecule has 1 N–H and O–H groups in total. The van der Waals surface area contributed by atoms with Gasteiger partial charge in [-0.2, -0.15) is 0 Å². The van der Waals surface area contributed by atoms with Crippen LogP contribution in [0.2, 0.25) is 0 Å². The van der Waals surface area contributed by atoms with E-state index in [0.717, 1.165) is 25.7 Å². The number of aliphatic hydroxyl groups is 1. The molecule has 0 heterocycles. The minimum absolute atomic E-state index is 0.0634. The summed E-state index contributed by atoms with van der Waals surface area (Å²) in [5.74, 6) is -0.394. The second kappa shape index (κ2) is 6.15. The summed E-state index contributed by atoms with van der Waals surface area (Å²) < 4.78 is 13.5. The molecule has 0 saturated heterocycles. The van der Waals surface area contributed by atoms with Crippen molar-refractivity contribution in [1.29, 1.82) is 0 Å². The Morgan fingerprint density at radius 1 is 1.32 bits per heavy atom. The normalized spacial score (nSPS) is 23.1. The van der Waals surface area contributed by atoms with E-state index in [1.165, 1.54) is 6.07 Å².